The van der Waals surface area contributed by atoms with Crippen molar-refractivity contribution < 1.29 is 14.3 Å². The van der Waals surface area contributed by atoms with E-state index in [1.54, 1.807) is 12.1 Å². The highest BCUT2D eigenvalue weighted by atomic mass is 16.5. The molecule has 0 aromatic heterocycles. The van der Waals surface area contributed by atoms with Crippen molar-refractivity contribution in [2.45, 2.75) is 18.9 Å². The molecule has 1 aliphatic rings. The first-order chi connectivity index (χ1) is 9.74. The van der Waals surface area contributed by atoms with Gasteiger partial charge in [-0.15, -0.1) is 0 Å². The van der Waals surface area contributed by atoms with E-state index in [9.17, 15) is 9.59 Å². The SMILES string of the molecule is O=C(COc1ccccc1)NCCNC(=O)NC1CC1. The van der Waals surface area contributed by atoms with E-state index in [1.807, 2.05) is 18.2 Å². The fraction of sp³-hybridized carbons (Fsp3) is 0.429. The number of nitrogens with one attached hydrogen (secondary N) is 3. The summed E-state index contributed by atoms with van der Waals surface area (Å²) >= 11 is 0. The second kappa shape index (κ2) is 7.37. The zero-order valence-electron chi connectivity index (χ0n) is 11.2. The van der Waals surface area contributed by atoms with Gasteiger partial charge in [0.15, 0.2) is 6.61 Å². The van der Waals surface area contributed by atoms with Crippen molar-refractivity contribution in [1.82, 2.24) is 16.0 Å². The maximum Gasteiger partial charge on any atom is 0.315 e. The molecule has 0 saturated heterocycles. The van der Waals surface area contributed by atoms with Crippen LogP contribution in [-0.2, 0) is 4.79 Å². The molecule has 0 aliphatic heterocycles. The molecule has 1 saturated carbocycles. The number of benzene rings is 1. The minimum Gasteiger partial charge on any atom is -0.484 e. The Kier molecular flexibility index (Phi) is 5.23. The van der Waals surface area contributed by atoms with E-state index in [-0.39, 0.29) is 18.5 Å². The lowest BCUT2D eigenvalue weighted by atomic mass is 10.3. The number of rotatable bonds is 7. The highest BCUT2D eigenvalue weighted by molar-refractivity contribution is 5.77. The molecule has 1 aromatic rings. The molecule has 0 bridgehead atoms. The molecule has 1 aromatic carbocycles. The molecule has 0 unspecified atom stereocenters. The Bertz CT molecular complexity index is 446. The van der Waals surface area contributed by atoms with Crippen LogP contribution in [0.4, 0.5) is 4.79 Å². The molecule has 0 radical (unpaired) electrons. The van der Waals surface area contributed by atoms with Crippen molar-refractivity contribution in [3.8, 4) is 5.75 Å². The van der Waals surface area contributed by atoms with E-state index in [0.29, 0.717) is 24.9 Å². The molecule has 1 aliphatic carbocycles. The number of hydrogen-bond donors (Lipinski definition) is 3. The minimum atomic E-state index is -0.210. The van der Waals surface area contributed by atoms with Gasteiger partial charge < -0.3 is 20.7 Å². The molecule has 3 N–H and O–H groups in total. The Balaban J connectivity index is 1.50. The quantitative estimate of drug-likeness (QED) is 0.640. The van der Waals surface area contributed by atoms with Crippen LogP contribution in [0.1, 0.15) is 12.8 Å². The maximum atomic E-state index is 11.5. The molecule has 6 nitrogen and oxygen atoms in total. The first-order valence-electron chi connectivity index (χ1n) is 6.73. The second-order valence-corrected chi connectivity index (χ2v) is 4.63. The Morgan fingerprint density at radius 3 is 2.50 bits per heavy atom. The largest absolute Gasteiger partial charge is 0.484 e. The van der Waals surface area contributed by atoms with E-state index in [0.717, 1.165) is 12.8 Å². The summed E-state index contributed by atoms with van der Waals surface area (Å²) in [5.41, 5.74) is 0. The number of para-hydroxylation sites is 1. The van der Waals surface area contributed by atoms with Crippen LogP contribution in [-0.4, -0.2) is 37.7 Å². The van der Waals surface area contributed by atoms with Crippen LogP contribution in [0, 0.1) is 0 Å². The number of amides is 3. The van der Waals surface area contributed by atoms with Gasteiger partial charge in [-0.05, 0) is 25.0 Å². The van der Waals surface area contributed by atoms with E-state index in [2.05, 4.69) is 16.0 Å². The average molecular weight is 277 g/mol. The van der Waals surface area contributed by atoms with Crippen LogP contribution in [0.15, 0.2) is 30.3 Å². The third-order valence-electron chi connectivity index (χ3n) is 2.76. The normalized spacial score (nSPS) is 13.4. The van der Waals surface area contributed by atoms with Gasteiger partial charge in [0.2, 0.25) is 0 Å². The van der Waals surface area contributed by atoms with Gasteiger partial charge in [0.05, 0.1) is 0 Å². The Morgan fingerprint density at radius 2 is 1.80 bits per heavy atom. The van der Waals surface area contributed by atoms with Gasteiger partial charge in [-0.3, -0.25) is 4.79 Å². The van der Waals surface area contributed by atoms with Crippen LogP contribution in [0.5, 0.6) is 5.75 Å². The molecule has 1 fully saturated rings. The van der Waals surface area contributed by atoms with Crippen molar-refractivity contribution in [1.29, 1.82) is 0 Å². The van der Waals surface area contributed by atoms with Crippen LogP contribution in [0.3, 0.4) is 0 Å². The second-order valence-electron chi connectivity index (χ2n) is 4.63. The zero-order valence-corrected chi connectivity index (χ0v) is 11.2. The summed E-state index contributed by atoms with van der Waals surface area (Å²) in [4.78, 5) is 22.8. The summed E-state index contributed by atoms with van der Waals surface area (Å²) in [6.07, 6.45) is 2.11. The Morgan fingerprint density at radius 1 is 1.10 bits per heavy atom. The van der Waals surface area contributed by atoms with Crippen molar-refractivity contribution in [2.24, 2.45) is 0 Å². The van der Waals surface area contributed by atoms with Gasteiger partial charge in [0.25, 0.3) is 5.91 Å². The van der Waals surface area contributed by atoms with E-state index in [4.69, 9.17) is 4.74 Å². The summed E-state index contributed by atoms with van der Waals surface area (Å²) in [6, 6.07) is 9.30. The van der Waals surface area contributed by atoms with Gasteiger partial charge in [-0.25, -0.2) is 4.79 Å². The third kappa shape index (κ3) is 5.60. The monoisotopic (exact) mass is 277 g/mol. The highest BCUT2D eigenvalue weighted by Crippen LogP contribution is 2.18. The lowest BCUT2D eigenvalue weighted by Crippen LogP contribution is -2.41. The fourth-order valence-corrected chi connectivity index (χ4v) is 1.56. The van der Waals surface area contributed by atoms with Crippen molar-refractivity contribution in [3.05, 3.63) is 30.3 Å². The van der Waals surface area contributed by atoms with Crippen molar-refractivity contribution in [3.63, 3.8) is 0 Å². The summed E-state index contributed by atoms with van der Waals surface area (Å²) in [5.74, 6) is 0.447. The molecule has 108 valence electrons. The Labute approximate surface area is 117 Å². The van der Waals surface area contributed by atoms with Crippen molar-refractivity contribution in [2.75, 3.05) is 19.7 Å². The topological polar surface area (TPSA) is 79.5 Å². The van der Waals surface area contributed by atoms with Gasteiger partial charge in [-0.1, -0.05) is 18.2 Å². The molecule has 3 amide bonds. The molecule has 0 spiro atoms. The van der Waals surface area contributed by atoms with E-state index >= 15 is 0 Å². The molecular formula is C14H19N3O3. The highest BCUT2D eigenvalue weighted by Gasteiger charge is 2.22. The summed E-state index contributed by atoms with van der Waals surface area (Å²) < 4.78 is 5.30. The molecule has 0 heterocycles. The molecule has 6 heteroatoms. The van der Waals surface area contributed by atoms with Crippen LogP contribution >= 0.6 is 0 Å². The predicted molar refractivity (Wildman–Crippen MR) is 74.5 cm³/mol. The number of carbonyl (C=O) groups excluding carboxylic acids is 2. The maximum absolute atomic E-state index is 11.5. The minimum absolute atomic E-state index is 0.0295. The van der Waals surface area contributed by atoms with Crippen LogP contribution < -0.4 is 20.7 Å². The molecule has 0 atom stereocenters. The van der Waals surface area contributed by atoms with Crippen LogP contribution in [0.2, 0.25) is 0 Å². The molecule has 20 heavy (non-hydrogen) atoms. The number of hydrogen-bond acceptors (Lipinski definition) is 3. The van der Waals surface area contributed by atoms with E-state index < -0.39 is 0 Å². The van der Waals surface area contributed by atoms with Gasteiger partial charge in [-0.2, -0.15) is 0 Å². The van der Waals surface area contributed by atoms with Gasteiger partial charge >= 0.3 is 6.03 Å². The third-order valence-corrected chi connectivity index (χ3v) is 2.76. The predicted octanol–water partition coefficient (Wildman–Crippen LogP) is 0.643. The standard InChI is InChI=1S/C14H19N3O3/c18-13(10-20-12-4-2-1-3-5-12)15-8-9-16-14(19)17-11-6-7-11/h1-5,11H,6-10H2,(H,15,18)(H2,16,17,19). The fourth-order valence-electron chi connectivity index (χ4n) is 1.56. The lowest BCUT2D eigenvalue weighted by molar-refractivity contribution is -0.123. The van der Waals surface area contributed by atoms with Crippen LogP contribution in [0.25, 0.3) is 0 Å². The average Bonchev–Trinajstić information content (AvgIpc) is 3.26. The first kappa shape index (κ1) is 14.2. The molecule has 2 rings (SSSR count). The first-order valence-corrected chi connectivity index (χ1v) is 6.73. The van der Waals surface area contributed by atoms with Gasteiger partial charge in [0.1, 0.15) is 5.75 Å². The molecular weight excluding hydrogens is 258 g/mol. The number of carbonyl (C=O) groups is 2. The number of ether oxygens (including phenoxy) is 1. The van der Waals surface area contributed by atoms with Crippen molar-refractivity contribution >= 4 is 11.9 Å². The summed E-state index contributed by atoms with van der Waals surface area (Å²) in [5, 5.41) is 8.15. The Hall–Kier alpha value is -2.24. The zero-order chi connectivity index (χ0) is 14.2. The van der Waals surface area contributed by atoms with E-state index in [1.165, 1.54) is 0 Å². The summed E-state index contributed by atoms with van der Waals surface area (Å²) in [6.45, 7) is 0.753. The smallest absolute Gasteiger partial charge is 0.315 e. The van der Waals surface area contributed by atoms with Gasteiger partial charge in [0, 0.05) is 19.1 Å². The lowest BCUT2D eigenvalue weighted by Gasteiger charge is -2.09. The number of urea groups is 1. The summed E-state index contributed by atoms with van der Waals surface area (Å²) in [7, 11) is 0.